The maximum absolute atomic E-state index is 11.6. The van der Waals surface area contributed by atoms with Crippen molar-refractivity contribution in [2.75, 3.05) is 17.6 Å². The zero-order chi connectivity index (χ0) is 20.5. The maximum atomic E-state index is 11.6. The molecule has 0 aliphatic rings. The number of azo groups is 1. The third-order valence-corrected chi connectivity index (χ3v) is 3.56. The SMILES string of the molecule is C=C(CC(C)C)Oc1ccccc1N=Nc1ccc(NC(=O)CCN)nc1N. The molecule has 1 aromatic carbocycles. The summed E-state index contributed by atoms with van der Waals surface area (Å²) in [4.78, 5) is 15.7. The fourth-order valence-electron chi connectivity index (χ4n) is 2.34. The van der Waals surface area contributed by atoms with E-state index in [-0.39, 0.29) is 24.7 Å². The van der Waals surface area contributed by atoms with Crippen molar-refractivity contribution in [2.45, 2.75) is 26.7 Å². The van der Waals surface area contributed by atoms with Gasteiger partial charge in [-0.3, -0.25) is 4.79 Å². The number of carbonyl (C=O) groups excluding carboxylic acids is 1. The van der Waals surface area contributed by atoms with Gasteiger partial charge in [-0.2, -0.15) is 0 Å². The molecule has 1 amide bonds. The van der Waals surface area contributed by atoms with Crippen molar-refractivity contribution < 1.29 is 9.53 Å². The molecule has 28 heavy (non-hydrogen) atoms. The summed E-state index contributed by atoms with van der Waals surface area (Å²) < 4.78 is 5.81. The number of aromatic nitrogens is 1. The molecule has 1 aromatic heterocycles. The number of pyridine rings is 1. The van der Waals surface area contributed by atoms with Crippen LogP contribution in [0.25, 0.3) is 0 Å². The van der Waals surface area contributed by atoms with Crippen LogP contribution in [0.15, 0.2) is 59.0 Å². The van der Waals surface area contributed by atoms with E-state index >= 15 is 0 Å². The molecule has 148 valence electrons. The van der Waals surface area contributed by atoms with Crippen LogP contribution in [0.5, 0.6) is 5.75 Å². The number of nitrogens with one attached hydrogen (secondary N) is 1. The first-order valence-electron chi connectivity index (χ1n) is 9.02. The van der Waals surface area contributed by atoms with Crippen LogP contribution >= 0.6 is 0 Å². The Balaban J connectivity index is 2.13. The van der Waals surface area contributed by atoms with Gasteiger partial charge in [-0.15, -0.1) is 10.2 Å². The number of rotatable bonds is 9. The summed E-state index contributed by atoms with van der Waals surface area (Å²) in [6, 6.07) is 10.5. The van der Waals surface area contributed by atoms with Crippen molar-refractivity contribution in [1.82, 2.24) is 4.98 Å². The molecule has 8 nitrogen and oxygen atoms in total. The quantitative estimate of drug-likeness (QED) is 0.440. The molecule has 0 fully saturated rings. The van der Waals surface area contributed by atoms with E-state index in [1.165, 1.54) is 0 Å². The Hall–Kier alpha value is -3.26. The first kappa shape index (κ1) is 21.0. The third-order valence-electron chi connectivity index (χ3n) is 3.56. The summed E-state index contributed by atoms with van der Waals surface area (Å²) in [5.74, 6) is 1.93. The van der Waals surface area contributed by atoms with E-state index in [0.717, 1.165) is 6.42 Å². The highest BCUT2D eigenvalue weighted by Crippen LogP contribution is 2.32. The minimum Gasteiger partial charge on any atom is -0.460 e. The second kappa shape index (κ2) is 10.2. The van der Waals surface area contributed by atoms with Crippen LogP contribution in [0.2, 0.25) is 0 Å². The summed E-state index contributed by atoms with van der Waals surface area (Å²) in [7, 11) is 0. The number of para-hydroxylation sites is 1. The third kappa shape index (κ3) is 6.48. The van der Waals surface area contributed by atoms with Crippen LogP contribution in [0, 0.1) is 5.92 Å². The van der Waals surface area contributed by atoms with Gasteiger partial charge in [0.25, 0.3) is 0 Å². The van der Waals surface area contributed by atoms with Gasteiger partial charge in [-0.25, -0.2) is 4.98 Å². The van der Waals surface area contributed by atoms with Crippen LogP contribution in [0.1, 0.15) is 26.7 Å². The molecule has 0 atom stereocenters. The van der Waals surface area contributed by atoms with Crippen molar-refractivity contribution in [3.8, 4) is 5.75 Å². The van der Waals surface area contributed by atoms with Crippen molar-refractivity contribution in [1.29, 1.82) is 0 Å². The van der Waals surface area contributed by atoms with Gasteiger partial charge in [0.1, 0.15) is 17.2 Å². The van der Waals surface area contributed by atoms with Crippen molar-refractivity contribution in [2.24, 2.45) is 21.9 Å². The monoisotopic (exact) mass is 382 g/mol. The molecular formula is C20H26N6O2. The lowest BCUT2D eigenvalue weighted by Crippen LogP contribution is -2.17. The molecule has 0 aliphatic carbocycles. The molecule has 0 saturated heterocycles. The Labute approximate surface area is 164 Å². The summed E-state index contributed by atoms with van der Waals surface area (Å²) in [6.45, 7) is 8.40. The van der Waals surface area contributed by atoms with E-state index in [0.29, 0.717) is 34.6 Å². The average molecular weight is 382 g/mol. The number of benzene rings is 1. The number of ether oxygens (including phenoxy) is 1. The molecule has 2 rings (SSSR count). The second-order valence-electron chi connectivity index (χ2n) is 6.59. The highest BCUT2D eigenvalue weighted by atomic mass is 16.5. The molecule has 0 spiro atoms. The minimum absolute atomic E-state index is 0.150. The fraction of sp³-hybridized carbons (Fsp3) is 0.300. The number of nitrogens with zero attached hydrogens (tertiary/aromatic N) is 3. The van der Waals surface area contributed by atoms with E-state index in [9.17, 15) is 4.79 Å². The maximum Gasteiger partial charge on any atom is 0.226 e. The zero-order valence-electron chi connectivity index (χ0n) is 16.2. The summed E-state index contributed by atoms with van der Waals surface area (Å²) in [6.07, 6.45) is 0.960. The molecule has 0 bridgehead atoms. The van der Waals surface area contributed by atoms with Gasteiger partial charge in [-0.05, 0) is 30.2 Å². The van der Waals surface area contributed by atoms with E-state index in [1.807, 2.05) is 12.1 Å². The van der Waals surface area contributed by atoms with Crippen molar-refractivity contribution in [3.05, 3.63) is 48.7 Å². The number of hydrogen-bond acceptors (Lipinski definition) is 7. The number of nitrogens with two attached hydrogens (primary N) is 2. The van der Waals surface area contributed by atoms with Crippen molar-refractivity contribution >= 4 is 28.9 Å². The molecule has 0 saturated carbocycles. The van der Waals surface area contributed by atoms with Gasteiger partial charge in [0.05, 0.1) is 5.76 Å². The molecule has 0 aliphatic heterocycles. The molecule has 2 aromatic rings. The Morgan fingerprint density at radius 2 is 1.93 bits per heavy atom. The van der Waals surface area contributed by atoms with Gasteiger partial charge in [0.15, 0.2) is 11.6 Å². The number of nitrogen functional groups attached to an aromatic ring is 1. The van der Waals surface area contributed by atoms with E-state index in [1.54, 1.807) is 24.3 Å². The van der Waals surface area contributed by atoms with Crippen LogP contribution in [0.4, 0.5) is 23.0 Å². The lowest BCUT2D eigenvalue weighted by Gasteiger charge is -2.12. The van der Waals surface area contributed by atoms with E-state index < -0.39 is 0 Å². The van der Waals surface area contributed by atoms with E-state index in [2.05, 4.69) is 41.0 Å². The molecule has 0 unspecified atom stereocenters. The molecule has 5 N–H and O–H groups in total. The van der Waals surface area contributed by atoms with Crippen molar-refractivity contribution in [3.63, 3.8) is 0 Å². The molecule has 0 radical (unpaired) electrons. The van der Waals surface area contributed by atoms with Crippen LogP contribution < -0.4 is 21.5 Å². The number of carbonyl (C=O) groups is 1. The normalized spacial score (nSPS) is 11.0. The lowest BCUT2D eigenvalue weighted by molar-refractivity contribution is -0.116. The number of hydrogen-bond donors (Lipinski definition) is 3. The Bertz CT molecular complexity index is 864. The van der Waals surface area contributed by atoms with Crippen LogP contribution in [-0.4, -0.2) is 17.4 Å². The summed E-state index contributed by atoms with van der Waals surface area (Å²) >= 11 is 0. The Kier molecular flexibility index (Phi) is 7.65. The lowest BCUT2D eigenvalue weighted by atomic mass is 10.1. The highest BCUT2D eigenvalue weighted by molar-refractivity contribution is 5.90. The smallest absolute Gasteiger partial charge is 0.226 e. The standard InChI is InChI=1S/C20H26N6O2/c1-13(2)12-14(3)28-17-7-5-4-6-15(17)25-26-16-8-9-18(24-20(16)22)23-19(27)10-11-21/h4-9,13H,3,10-12,21H2,1-2H3,(H3,22,23,24,27). The zero-order valence-corrected chi connectivity index (χ0v) is 16.2. The topological polar surface area (TPSA) is 128 Å². The Morgan fingerprint density at radius 3 is 2.61 bits per heavy atom. The van der Waals surface area contributed by atoms with E-state index in [4.69, 9.17) is 16.2 Å². The number of allylic oxidation sites excluding steroid dienone is 1. The minimum atomic E-state index is -0.225. The fourth-order valence-corrected chi connectivity index (χ4v) is 2.34. The summed E-state index contributed by atoms with van der Waals surface area (Å²) in [5.41, 5.74) is 12.2. The predicted octanol–water partition coefficient (Wildman–Crippen LogP) is 4.31. The Morgan fingerprint density at radius 1 is 1.21 bits per heavy atom. The van der Waals surface area contributed by atoms with Crippen LogP contribution in [0.3, 0.4) is 0 Å². The van der Waals surface area contributed by atoms with Crippen LogP contribution in [-0.2, 0) is 4.79 Å². The molecule has 1 heterocycles. The second-order valence-corrected chi connectivity index (χ2v) is 6.59. The van der Waals surface area contributed by atoms with Gasteiger partial charge >= 0.3 is 0 Å². The highest BCUT2D eigenvalue weighted by Gasteiger charge is 2.08. The van der Waals surface area contributed by atoms with Gasteiger partial charge in [0.2, 0.25) is 5.91 Å². The number of amides is 1. The summed E-state index contributed by atoms with van der Waals surface area (Å²) in [5, 5.41) is 11.0. The predicted molar refractivity (Wildman–Crippen MR) is 111 cm³/mol. The molecular weight excluding hydrogens is 356 g/mol. The molecule has 8 heteroatoms. The van der Waals surface area contributed by atoms with Gasteiger partial charge in [0, 0.05) is 19.4 Å². The number of anilines is 2. The van der Waals surface area contributed by atoms with Gasteiger partial charge < -0.3 is 21.5 Å². The average Bonchev–Trinajstić information content (AvgIpc) is 2.61. The largest absolute Gasteiger partial charge is 0.460 e. The van der Waals surface area contributed by atoms with Gasteiger partial charge in [-0.1, -0.05) is 32.6 Å². The first-order chi connectivity index (χ1) is 13.4. The first-order valence-corrected chi connectivity index (χ1v) is 9.02.